The Morgan fingerprint density at radius 2 is 1.56 bits per heavy atom. The molecule has 5 atom stereocenters. The lowest BCUT2D eigenvalue weighted by atomic mass is 9.82. The Labute approximate surface area is 323 Å². The van der Waals surface area contributed by atoms with E-state index >= 15 is 8.90 Å². The van der Waals surface area contributed by atoms with E-state index < -0.39 is 37.6 Å². The van der Waals surface area contributed by atoms with Gasteiger partial charge in [-0.2, -0.15) is 0 Å². The third-order valence-electron chi connectivity index (χ3n) is 12.7. The average molecular weight is 767 g/mol. The molecule has 5 aliphatic heterocycles. The standard InChI is InChI=1S/C43H51FN4O6Si/c1-28-41(55(2,3)44)37(24-40(52)47-26-31-13-5-4-12-30(31)22-34(47)27-49)54-43(28)35-23-33(46-20-9-7-16-39(46)51)17-18-36(35)48(42(43)53)25-29-11-10-14-32(21-29)45-19-8-6-15-38(45)50/h4-5,10-14,17-18,21,23,28,34,37,41,49H,6-9,15-16,19-20,22,24-27H2,1-3H3/t28-,34-,37+,41-,43+/m0/s1. The van der Waals surface area contributed by atoms with Gasteiger partial charge in [0.15, 0.2) is 5.60 Å². The van der Waals surface area contributed by atoms with Gasteiger partial charge in [-0.05, 0) is 92.2 Å². The summed E-state index contributed by atoms with van der Waals surface area (Å²) in [5.41, 5.74) is 3.31. The Morgan fingerprint density at radius 3 is 2.22 bits per heavy atom. The minimum Gasteiger partial charge on any atom is -0.394 e. The van der Waals surface area contributed by atoms with Gasteiger partial charge in [-0.3, -0.25) is 19.2 Å². The molecule has 0 aliphatic carbocycles. The zero-order valence-electron chi connectivity index (χ0n) is 32.0. The van der Waals surface area contributed by atoms with Crippen molar-refractivity contribution >= 4 is 49.1 Å². The molecule has 0 aromatic heterocycles. The summed E-state index contributed by atoms with van der Waals surface area (Å²) >= 11 is 0. The number of rotatable bonds is 8. The van der Waals surface area contributed by atoms with Crippen LogP contribution in [0, 0.1) is 5.92 Å². The van der Waals surface area contributed by atoms with E-state index in [-0.39, 0.29) is 43.2 Å². The number of benzene rings is 3. The molecule has 3 saturated heterocycles. The number of nitrogens with zero attached hydrogens (tertiary/aromatic N) is 4. The summed E-state index contributed by atoms with van der Waals surface area (Å²) in [4.78, 5) is 62.5. The first-order valence-corrected chi connectivity index (χ1v) is 22.9. The first-order chi connectivity index (χ1) is 26.4. The highest BCUT2D eigenvalue weighted by molar-refractivity contribution is 6.72. The molecule has 1 spiro atoms. The summed E-state index contributed by atoms with van der Waals surface area (Å²) in [6, 6.07) is 20.8. The van der Waals surface area contributed by atoms with Crippen LogP contribution in [0.4, 0.5) is 21.2 Å². The van der Waals surface area contributed by atoms with Gasteiger partial charge in [0.1, 0.15) is 0 Å². The summed E-state index contributed by atoms with van der Waals surface area (Å²) in [5, 5.41) is 10.4. The molecule has 0 bridgehead atoms. The normalized spacial score (nSPS) is 26.9. The van der Waals surface area contributed by atoms with Crippen LogP contribution in [0.2, 0.25) is 18.6 Å². The fraction of sp³-hybridized carbons (Fsp3) is 0.488. The third-order valence-corrected chi connectivity index (χ3v) is 15.2. The number of hydrogen-bond acceptors (Lipinski definition) is 6. The predicted molar refractivity (Wildman–Crippen MR) is 211 cm³/mol. The molecule has 0 saturated carbocycles. The molecular weight excluding hydrogens is 716 g/mol. The highest BCUT2D eigenvalue weighted by atomic mass is 28.4. The Morgan fingerprint density at radius 1 is 0.891 bits per heavy atom. The van der Waals surface area contributed by atoms with Gasteiger partial charge in [0.25, 0.3) is 5.91 Å². The van der Waals surface area contributed by atoms with E-state index in [1.54, 1.807) is 32.7 Å². The summed E-state index contributed by atoms with van der Waals surface area (Å²) in [6.07, 6.45) is 3.94. The van der Waals surface area contributed by atoms with Crippen LogP contribution in [0.3, 0.4) is 0 Å². The second kappa shape index (κ2) is 14.6. The number of ether oxygens (including phenoxy) is 1. The number of fused-ring (bicyclic) bond motifs is 3. The summed E-state index contributed by atoms with van der Waals surface area (Å²) < 4.78 is 23.8. The first-order valence-electron chi connectivity index (χ1n) is 19.9. The third kappa shape index (κ3) is 6.59. The molecular formula is C43H51FN4O6Si. The van der Waals surface area contributed by atoms with E-state index in [4.69, 9.17) is 4.74 Å². The van der Waals surface area contributed by atoms with Crippen molar-refractivity contribution in [3.63, 3.8) is 0 Å². The van der Waals surface area contributed by atoms with Crippen molar-refractivity contribution < 1.29 is 33.1 Å². The minimum atomic E-state index is -3.60. The van der Waals surface area contributed by atoms with Crippen molar-refractivity contribution in [2.75, 3.05) is 34.4 Å². The van der Waals surface area contributed by atoms with Crippen molar-refractivity contribution in [3.8, 4) is 0 Å². The first kappa shape index (κ1) is 37.5. The van der Waals surface area contributed by atoms with Gasteiger partial charge in [0, 0.05) is 60.9 Å². The molecule has 1 N–H and O–H groups in total. The number of aliphatic hydroxyl groups excluding tert-OH is 1. The van der Waals surface area contributed by atoms with E-state index in [1.807, 2.05) is 73.7 Å². The largest absolute Gasteiger partial charge is 0.394 e. The van der Waals surface area contributed by atoms with E-state index in [0.717, 1.165) is 48.1 Å². The highest BCUT2D eigenvalue weighted by Gasteiger charge is 2.67. The Kier molecular flexibility index (Phi) is 9.96. The number of aliphatic hydroxyl groups is 1. The molecule has 12 heteroatoms. The van der Waals surface area contributed by atoms with Gasteiger partial charge < -0.3 is 33.6 Å². The maximum absolute atomic E-state index is 16.8. The summed E-state index contributed by atoms with van der Waals surface area (Å²) in [5.74, 6) is -1.10. The maximum Gasteiger partial charge on any atom is 0.264 e. The van der Waals surface area contributed by atoms with Gasteiger partial charge in [-0.15, -0.1) is 0 Å². The van der Waals surface area contributed by atoms with E-state index in [0.29, 0.717) is 55.8 Å². The lowest BCUT2D eigenvalue weighted by Gasteiger charge is -2.37. The molecule has 4 amide bonds. The van der Waals surface area contributed by atoms with Gasteiger partial charge in [-0.25, -0.2) is 0 Å². The number of anilines is 3. The molecule has 3 aromatic rings. The van der Waals surface area contributed by atoms with Gasteiger partial charge in [0.2, 0.25) is 26.1 Å². The van der Waals surface area contributed by atoms with Gasteiger partial charge >= 0.3 is 0 Å². The fourth-order valence-electron chi connectivity index (χ4n) is 10.1. The zero-order chi connectivity index (χ0) is 38.6. The van der Waals surface area contributed by atoms with Crippen LogP contribution >= 0.6 is 0 Å². The topological polar surface area (TPSA) is 111 Å². The van der Waals surface area contributed by atoms with E-state index in [1.165, 1.54) is 0 Å². The molecule has 0 unspecified atom stereocenters. The molecule has 3 aromatic carbocycles. The van der Waals surface area contributed by atoms with Gasteiger partial charge in [0.05, 0.1) is 37.4 Å². The van der Waals surface area contributed by atoms with Crippen LogP contribution < -0.4 is 14.7 Å². The molecule has 10 nitrogen and oxygen atoms in total. The second-order valence-electron chi connectivity index (χ2n) is 16.6. The number of carbonyl (C=O) groups is 4. The number of amides is 4. The molecule has 5 aliphatic rings. The highest BCUT2D eigenvalue weighted by Crippen LogP contribution is 2.61. The molecule has 8 rings (SSSR count). The minimum absolute atomic E-state index is 0.0195. The fourth-order valence-corrected chi connectivity index (χ4v) is 12.5. The molecule has 55 heavy (non-hydrogen) atoms. The summed E-state index contributed by atoms with van der Waals surface area (Å²) in [6.45, 7) is 6.65. The second-order valence-corrected chi connectivity index (χ2v) is 20.4. The van der Waals surface area contributed by atoms with Crippen LogP contribution in [-0.2, 0) is 49.0 Å². The van der Waals surface area contributed by atoms with Crippen molar-refractivity contribution in [3.05, 3.63) is 89.0 Å². The van der Waals surface area contributed by atoms with Crippen LogP contribution in [0.5, 0.6) is 0 Å². The van der Waals surface area contributed by atoms with Crippen LogP contribution in [-0.4, -0.2) is 73.9 Å². The van der Waals surface area contributed by atoms with Crippen molar-refractivity contribution in [2.45, 2.75) is 108 Å². The quantitative estimate of drug-likeness (QED) is 0.211. The Hall–Kier alpha value is -4.39. The number of hydrogen-bond donors (Lipinski definition) is 1. The van der Waals surface area contributed by atoms with E-state index in [2.05, 4.69) is 0 Å². The predicted octanol–water partition coefficient (Wildman–Crippen LogP) is 6.38. The Balaban J connectivity index is 1.17. The number of halogens is 1. The molecule has 0 radical (unpaired) electrons. The average Bonchev–Trinajstić information content (AvgIpc) is 3.60. The number of carbonyl (C=O) groups excluding carboxylic acids is 4. The maximum atomic E-state index is 16.8. The van der Waals surface area contributed by atoms with Crippen LogP contribution in [0.1, 0.15) is 74.1 Å². The van der Waals surface area contributed by atoms with Crippen LogP contribution in [0.15, 0.2) is 66.7 Å². The van der Waals surface area contributed by atoms with Crippen LogP contribution in [0.25, 0.3) is 0 Å². The lowest BCUT2D eigenvalue weighted by molar-refractivity contribution is -0.151. The zero-order valence-corrected chi connectivity index (χ0v) is 33.0. The van der Waals surface area contributed by atoms with E-state index in [9.17, 15) is 19.5 Å². The molecule has 5 heterocycles. The SMILES string of the molecule is C[C@H]1[C@H]([Si](C)(C)F)[C@@H](CC(=O)N2Cc3ccccc3C[C@H]2CO)O[C@]12C(=O)N(Cc1cccc(N3CCCCC3=O)c1)c1ccc(N3CCCCC3=O)cc12. The van der Waals surface area contributed by atoms with Crippen molar-refractivity contribution in [1.82, 2.24) is 4.90 Å². The lowest BCUT2D eigenvalue weighted by Crippen LogP contribution is -2.48. The number of piperidine rings is 2. The van der Waals surface area contributed by atoms with Crippen molar-refractivity contribution in [1.29, 1.82) is 0 Å². The Bertz CT molecular complexity index is 2020. The molecule has 3 fully saturated rings. The summed E-state index contributed by atoms with van der Waals surface area (Å²) in [7, 11) is -3.60. The van der Waals surface area contributed by atoms with Gasteiger partial charge in [-0.1, -0.05) is 43.3 Å². The van der Waals surface area contributed by atoms with Crippen molar-refractivity contribution in [2.24, 2.45) is 5.92 Å². The monoisotopic (exact) mass is 766 g/mol. The molecule has 290 valence electrons. The smallest absolute Gasteiger partial charge is 0.264 e.